The van der Waals surface area contributed by atoms with E-state index in [1.807, 2.05) is 32.1 Å². The van der Waals surface area contributed by atoms with Crippen LogP contribution in [0.4, 0.5) is 0 Å². The molecule has 0 aromatic heterocycles. The molecule has 1 atom stereocenters. The molecule has 1 saturated heterocycles. The molecule has 122 valence electrons. The van der Waals surface area contributed by atoms with Gasteiger partial charge in [0, 0.05) is 24.1 Å². The zero-order valence-electron chi connectivity index (χ0n) is 13.5. The Kier molecular flexibility index (Phi) is 4.83. The number of ketones is 2. The number of halogens is 1. The number of benzene rings is 1. The van der Waals surface area contributed by atoms with Gasteiger partial charge in [0.2, 0.25) is 0 Å². The number of hydrogen-bond acceptors (Lipinski definition) is 3. The second-order valence-corrected chi connectivity index (χ2v) is 7.45. The number of ether oxygens (including phenoxy) is 1. The summed E-state index contributed by atoms with van der Waals surface area (Å²) in [6.45, 7) is 5.41. The summed E-state index contributed by atoms with van der Waals surface area (Å²) in [5.41, 5.74) is 3.58. The van der Waals surface area contributed by atoms with Crippen LogP contribution in [0.2, 0.25) is 0 Å². The van der Waals surface area contributed by atoms with Crippen LogP contribution in [-0.2, 0) is 14.3 Å². The first-order valence-electron chi connectivity index (χ1n) is 8.09. The molecule has 3 nitrogen and oxygen atoms in total. The third-order valence-electron chi connectivity index (χ3n) is 4.82. The summed E-state index contributed by atoms with van der Waals surface area (Å²) in [6, 6.07) is 3.95. The molecule has 1 aliphatic carbocycles. The minimum Gasteiger partial charge on any atom is -0.381 e. The molecule has 0 amide bonds. The number of carbonyl (C=O) groups excluding carboxylic acids is 2. The van der Waals surface area contributed by atoms with Gasteiger partial charge in [-0.15, -0.1) is 0 Å². The first-order chi connectivity index (χ1) is 11.0. The fourth-order valence-corrected chi connectivity index (χ4v) is 4.37. The molecule has 1 aliphatic heterocycles. The summed E-state index contributed by atoms with van der Waals surface area (Å²) in [6.07, 6.45) is 4.18. The van der Waals surface area contributed by atoms with Crippen molar-refractivity contribution in [1.82, 2.24) is 0 Å². The van der Waals surface area contributed by atoms with E-state index < -0.39 is 5.92 Å². The van der Waals surface area contributed by atoms with E-state index in [2.05, 4.69) is 15.9 Å². The highest BCUT2D eigenvalue weighted by Crippen LogP contribution is 2.37. The van der Waals surface area contributed by atoms with Crippen molar-refractivity contribution in [3.63, 3.8) is 0 Å². The SMILES string of the molecule is Cc1cc(Br)cc(C)c1C1C(=O)CC(=CC2CCOCC2)C1=O. The van der Waals surface area contributed by atoms with Gasteiger partial charge in [-0.05, 0) is 67.0 Å². The lowest BCUT2D eigenvalue weighted by atomic mass is 9.88. The molecule has 1 heterocycles. The molecule has 1 aromatic rings. The smallest absolute Gasteiger partial charge is 0.173 e. The Labute approximate surface area is 145 Å². The minimum atomic E-state index is -0.616. The summed E-state index contributed by atoms with van der Waals surface area (Å²) in [7, 11) is 0. The molecule has 3 rings (SSSR count). The van der Waals surface area contributed by atoms with E-state index in [-0.39, 0.29) is 18.0 Å². The van der Waals surface area contributed by atoms with Gasteiger partial charge < -0.3 is 4.74 Å². The standard InChI is InChI=1S/C19H21BrO3/c1-11-7-15(20)8-12(2)17(11)18-16(21)10-14(19(18)22)9-13-3-5-23-6-4-13/h7-9,13,18H,3-6,10H2,1-2H3. The Morgan fingerprint density at radius 3 is 2.35 bits per heavy atom. The number of Topliss-reactive ketones (excluding diaryl/α,β-unsaturated/α-hetero) is 2. The third-order valence-corrected chi connectivity index (χ3v) is 5.27. The summed E-state index contributed by atoms with van der Waals surface area (Å²) >= 11 is 3.47. The normalized spacial score (nSPS) is 24.7. The van der Waals surface area contributed by atoms with Crippen LogP contribution in [-0.4, -0.2) is 24.8 Å². The predicted octanol–water partition coefficient (Wildman–Crippen LogP) is 4.04. The lowest BCUT2D eigenvalue weighted by Gasteiger charge is -2.19. The van der Waals surface area contributed by atoms with Crippen molar-refractivity contribution in [2.24, 2.45) is 5.92 Å². The third kappa shape index (κ3) is 3.33. The maximum absolute atomic E-state index is 12.8. The van der Waals surface area contributed by atoms with Crippen LogP contribution in [0.15, 0.2) is 28.3 Å². The molecule has 1 saturated carbocycles. The quantitative estimate of drug-likeness (QED) is 0.577. The van der Waals surface area contributed by atoms with Crippen LogP contribution in [0.5, 0.6) is 0 Å². The van der Waals surface area contributed by atoms with E-state index >= 15 is 0 Å². The number of hydrogen-bond donors (Lipinski definition) is 0. The van der Waals surface area contributed by atoms with Gasteiger partial charge in [-0.3, -0.25) is 9.59 Å². The Hall–Kier alpha value is -1.26. The summed E-state index contributed by atoms with van der Waals surface area (Å²) in [5.74, 6) is -0.229. The summed E-state index contributed by atoms with van der Waals surface area (Å²) in [5, 5.41) is 0. The van der Waals surface area contributed by atoms with Gasteiger partial charge in [-0.25, -0.2) is 0 Å². The zero-order chi connectivity index (χ0) is 16.6. The maximum atomic E-state index is 12.8. The fourth-order valence-electron chi connectivity index (χ4n) is 3.69. The first kappa shape index (κ1) is 16.6. The van der Waals surface area contributed by atoms with Crippen LogP contribution in [0.3, 0.4) is 0 Å². The Balaban J connectivity index is 1.91. The molecule has 0 N–H and O–H groups in total. The van der Waals surface area contributed by atoms with E-state index in [0.29, 0.717) is 11.5 Å². The second-order valence-electron chi connectivity index (χ2n) is 6.54. The summed E-state index contributed by atoms with van der Waals surface area (Å²) in [4.78, 5) is 25.4. The minimum absolute atomic E-state index is 0.00462. The molecule has 2 aliphatic rings. The van der Waals surface area contributed by atoms with Crippen molar-refractivity contribution in [1.29, 1.82) is 0 Å². The topological polar surface area (TPSA) is 43.4 Å². The molecule has 0 radical (unpaired) electrons. The van der Waals surface area contributed by atoms with Gasteiger partial charge in [-0.2, -0.15) is 0 Å². The Bertz CT molecular complexity index is 661. The molecule has 4 heteroatoms. The first-order valence-corrected chi connectivity index (χ1v) is 8.88. The molecular formula is C19H21BrO3. The lowest BCUT2D eigenvalue weighted by Crippen LogP contribution is -2.17. The second kappa shape index (κ2) is 6.70. The van der Waals surface area contributed by atoms with Crippen molar-refractivity contribution < 1.29 is 14.3 Å². The van der Waals surface area contributed by atoms with Gasteiger partial charge in [0.05, 0.1) is 0 Å². The van der Waals surface area contributed by atoms with Crippen LogP contribution in [0.1, 0.15) is 41.9 Å². The van der Waals surface area contributed by atoms with Gasteiger partial charge in [0.1, 0.15) is 5.92 Å². The molecule has 0 spiro atoms. The Morgan fingerprint density at radius 1 is 1.13 bits per heavy atom. The van der Waals surface area contributed by atoms with E-state index in [1.165, 1.54) is 0 Å². The van der Waals surface area contributed by atoms with Gasteiger partial charge in [0.25, 0.3) is 0 Å². The van der Waals surface area contributed by atoms with Crippen LogP contribution in [0, 0.1) is 19.8 Å². The number of carbonyl (C=O) groups is 2. The monoisotopic (exact) mass is 376 g/mol. The van der Waals surface area contributed by atoms with E-state index in [9.17, 15) is 9.59 Å². The number of allylic oxidation sites excluding steroid dienone is 2. The average molecular weight is 377 g/mol. The molecular weight excluding hydrogens is 356 g/mol. The highest BCUT2D eigenvalue weighted by molar-refractivity contribution is 9.10. The average Bonchev–Trinajstić information content (AvgIpc) is 2.75. The van der Waals surface area contributed by atoms with E-state index in [1.54, 1.807) is 0 Å². The number of rotatable bonds is 2. The largest absolute Gasteiger partial charge is 0.381 e. The number of aryl methyl sites for hydroxylation is 2. The molecule has 1 aromatic carbocycles. The highest BCUT2D eigenvalue weighted by Gasteiger charge is 2.40. The maximum Gasteiger partial charge on any atom is 0.173 e. The van der Waals surface area contributed by atoms with Crippen molar-refractivity contribution >= 4 is 27.5 Å². The van der Waals surface area contributed by atoms with Crippen molar-refractivity contribution in [2.45, 2.75) is 39.0 Å². The van der Waals surface area contributed by atoms with Crippen molar-refractivity contribution in [3.05, 3.63) is 44.9 Å². The van der Waals surface area contributed by atoms with Crippen LogP contribution in [0.25, 0.3) is 0 Å². The summed E-state index contributed by atoms with van der Waals surface area (Å²) < 4.78 is 6.34. The van der Waals surface area contributed by atoms with E-state index in [0.717, 1.165) is 47.2 Å². The lowest BCUT2D eigenvalue weighted by molar-refractivity contribution is -0.123. The molecule has 1 unspecified atom stereocenters. The predicted molar refractivity (Wildman–Crippen MR) is 92.6 cm³/mol. The van der Waals surface area contributed by atoms with Gasteiger partial charge in [0.15, 0.2) is 11.6 Å². The Morgan fingerprint density at radius 2 is 1.74 bits per heavy atom. The molecule has 23 heavy (non-hydrogen) atoms. The fraction of sp³-hybridized carbons (Fsp3) is 0.474. The van der Waals surface area contributed by atoms with Gasteiger partial charge >= 0.3 is 0 Å². The van der Waals surface area contributed by atoms with E-state index in [4.69, 9.17) is 4.74 Å². The highest BCUT2D eigenvalue weighted by atomic mass is 79.9. The zero-order valence-corrected chi connectivity index (χ0v) is 15.1. The van der Waals surface area contributed by atoms with Crippen molar-refractivity contribution in [2.75, 3.05) is 13.2 Å². The van der Waals surface area contributed by atoms with Crippen LogP contribution >= 0.6 is 15.9 Å². The molecule has 0 bridgehead atoms. The van der Waals surface area contributed by atoms with Gasteiger partial charge in [-0.1, -0.05) is 22.0 Å². The van der Waals surface area contributed by atoms with Crippen molar-refractivity contribution in [3.8, 4) is 0 Å². The molecule has 2 fully saturated rings. The van der Waals surface area contributed by atoms with Crippen LogP contribution < -0.4 is 0 Å².